The Hall–Kier alpha value is -2.38. The van der Waals surface area contributed by atoms with Crippen molar-refractivity contribution in [2.24, 2.45) is 22.4 Å². The molecule has 6 nitrogen and oxygen atoms in total. The van der Waals surface area contributed by atoms with Crippen molar-refractivity contribution in [3.05, 3.63) is 59.2 Å². The van der Waals surface area contributed by atoms with Crippen LogP contribution in [0.3, 0.4) is 0 Å². The predicted octanol–water partition coefficient (Wildman–Crippen LogP) is 4.12. The van der Waals surface area contributed by atoms with Crippen LogP contribution >= 0.6 is 0 Å². The van der Waals surface area contributed by atoms with Crippen molar-refractivity contribution in [1.82, 2.24) is 0 Å². The minimum Gasteiger partial charge on any atom is -0.508 e. The van der Waals surface area contributed by atoms with Crippen LogP contribution in [0.25, 0.3) is 0 Å². The first-order valence-corrected chi connectivity index (χ1v) is 12.9. The van der Waals surface area contributed by atoms with Crippen LogP contribution in [0, 0.1) is 17.3 Å². The molecule has 0 aromatic heterocycles. The van der Waals surface area contributed by atoms with Crippen molar-refractivity contribution >= 4 is 16.0 Å². The van der Waals surface area contributed by atoms with Gasteiger partial charge in [-0.25, -0.2) is 18.4 Å². The first-order chi connectivity index (χ1) is 15.2. The molecule has 0 radical (unpaired) electrons. The molecule has 0 amide bonds. The van der Waals surface area contributed by atoms with E-state index in [1.54, 1.807) is 18.2 Å². The van der Waals surface area contributed by atoms with Crippen molar-refractivity contribution in [2.45, 2.75) is 62.4 Å². The van der Waals surface area contributed by atoms with Gasteiger partial charge < -0.3 is 9.84 Å². The molecule has 0 bridgehead atoms. The maximum absolute atomic E-state index is 13.0. The van der Waals surface area contributed by atoms with E-state index in [1.165, 1.54) is 23.3 Å². The standard InChI is InChI=1S/C25H29NO5S/c1-25-13-12-18-17-9-7-16(27)14-15(17)6-8-19(18)21(25)10-11-23(25)31-24(28)20-4-2-3-5-22(20)32(26,29)30/h2-5,7,9,14,18-19,21,23,27H,6,8,10-13H2,1H3,(H2,26,29,30)/t18-,19-,21+,23+,25+/m1/s1. The number of phenolic OH excluding ortho intramolecular Hbond substituents is 1. The van der Waals surface area contributed by atoms with Crippen LogP contribution in [0.1, 0.15) is 66.4 Å². The lowest BCUT2D eigenvalue weighted by atomic mass is 9.55. The Labute approximate surface area is 188 Å². The Kier molecular flexibility index (Phi) is 5.09. The molecule has 32 heavy (non-hydrogen) atoms. The molecule has 2 fully saturated rings. The number of phenols is 1. The van der Waals surface area contributed by atoms with E-state index in [2.05, 4.69) is 13.0 Å². The largest absolute Gasteiger partial charge is 0.508 e. The minimum atomic E-state index is -4.02. The lowest BCUT2D eigenvalue weighted by Gasteiger charge is -2.50. The number of hydrogen-bond acceptors (Lipinski definition) is 5. The van der Waals surface area contributed by atoms with E-state index >= 15 is 0 Å². The van der Waals surface area contributed by atoms with Crippen LogP contribution in [-0.4, -0.2) is 25.6 Å². The van der Waals surface area contributed by atoms with Crippen LogP contribution in [0.2, 0.25) is 0 Å². The SMILES string of the molecule is C[C@]12CC[C@@H]3c4ccc(O)cc4CC[C@H]3[C@@H]1CC[C@@H]2OC(=O)c1ccccc1S(N)(=O)=O. The Balaban J connectivity index is 1.38. The van der Waals surface area contributed by atoms with E-state index in [-0.39, 0.29) is 22.0 Å². The third-order valence-electron chi connectivity index (χ3n) is 8.29. The highest BCUT2D eigenvalue weighted by Gasteiger charge is 2.56. The van der Waals surface area contributed by atoms with Gasteiger partial charge >= 0.3 is 5.97 Å². The molecule has 5 atom stereocenters. The molecule has 0 spiro atoms. The lowest BCUT2D eigenvalue weighted by molar-refractivity contribution is -0.0430. The molecule has 0 saturated heterocycles. The Morgan fingerprint density at radius 1 is 1.12 bits per heavy atom. The van der Waals surface area contributed by atoms with E-state index in [0.717, 1.165) is 38.5 Å². The highest BCUT2D eigenvalue weighted by atomic mass is 32.2. The zero-order valence-electron chi connectivity index (χ0n) is 18.2. The van der Waals surface area contributed by atoms with Crippen LogP contribution in [0.4, 0.5) is 0 Å². The van der Waals surface area contributed by atoms with Crippen LogP contribution in [-0.2, 0) is 21.2 Å². The van der Waals surface area contributed by atoms with Gasteiger partial charge in [-0.2, -0.15) is 0 Å². The highest BCUT2D eigenvalue weighted by Crippen LogP contribution is 2.61. The van der Waals surface area contributed by atoms with Crippen LogP contribution in [0.15, 0.2) is 47.4 Å². The summed E-state index contributed by atoms with van der Waals surface area (Å²) in [7, 11) is -4.02. The van der Waals surface area contributed by atoms with E-state index in [1.807, 2.05) is 6.07 Å². The quantitative estimate of drug-likeness (QED) is 0.677. The number of sulfonamides is 1. The number of fused-ring (bicyclic) bond motifs is 5. The fraction of sp³-hybridized carbons (Fsp3) is 0.480. The Bertz CT molecular complexity index is 1180. The van der Waals surface area contributed by atoms with Gasteiger partial charge in [0.25, 0.3) is 0 Å². The third kappa shape index (κ3) is 3.42. The maximum Gasteiger partial charge on any atom is 0.339 e. The molecule has 3 N–H and O–H groups in total. The van der Waals surface area contributed by atoms with Gasteiger partial charge in [0.1, 0.15) is 11.9 Å². The van der Waals surface area contributed by atoms with Gasteiger partial charge in [0.05, 0.1) is 10.5 Å². The van der Waals surface area contributed by atoms with Gasteiger partial charge in [-0.15, -0.1) is 0 Å². The number of rotatable bonds is 3. The summed E-state index contributed by atoms with van der Waals surface area (Å²) < 4.78 is 29.8. The van der Waals surface area contributed by atoms with Gasteiger partial charge in [0, 0.05) is 5.41 Å². The molecular formula is C25H29NO5S. The number of aryl methyl sites for hydroxylation is 1. The molecule has 0 heterocycles. The second-order valence-electron chi connectivity index (χ2n) is 9.86. The molecule has 2 aromatic carbocycles. The molecule has 2 saturated carbocycles. The number of carbonyl (C=O) groups excluding carboxylic acids is 1. The molecular weight excluding hydrogens is 426 g/mol. The first-order valence-electron chi connectivity index (χ1n) is 11.3. The van der Waals surface area contributed by atoms with Gasteiger partial charge in [0.15, 0.2) is 0 Å². The number of esters is 1. The molecule has 0 aliphatic heterocycles. The summed E-state index contributed by atoms with van der Waals surface area (Å²) in [6, 6.07) is 11.7. The van der Waals surface area contributed by atoms with Gasteiger partial charge in [0.2, 0.25) is 10.0 Å². The average Bonchev–Trinajstić information content (AvgIpc) is 3.09. The van der Waals surface area contributed by atoms with Gasteiger partial charge in [-0.05, 0) is 91.7 Å². The molecule has 3 aliphatic carbocycles. The first kappa shape index (κ1) is 21.5. The zero-order valence-corrected chi connectivity index (χ0v) is 19.0. The summed E-state index contributed by atoms with van der Waals surface area (Å²) in [4.78, 5) is 12.8. The molecule has 170 valence electrons. The summed E-state index contributed by atoms with van der Waals surface area (Å²) in [5, 5.41) is 15.2. The van der Waals surface area contributed by atoms with E-state index in [9.17, 15) is 18.3 Å². The summed E-state index contributed by atoms with van der Waals surface area (Å²) in [6.07, 6.45) is 5.57. The molecule has 2 aromatic rings. The van der Waals surface area contributed by atoms with E-state index in [0.29, 0.717) is 23.5 Å². The predicted molar refractivity (Wildman–Crippen MR) is 120 cm³/mol. The van der Waals surface area contributed by atoms with Crippen molar-refractivity contribution in [1.29, 1.82) is 0 Å². The maximum atomic E-state index is 13.0. The lowest BCUT2D eigenvalue weighted by Crippen LogP contribution is -2.45. The number of benzene rings is 2. The second kappa shape index (κ2) is 7.59. The van der Waals surface area contributed by atoms with E-state index in [4.69, 9.17) is 9.88 Å². The Morgan fingerprint density at radius 3 is 2.69 bits per heavy atom. The number of aromatic hydroxyl groups is 1. The number of ether oxygens (including phenoxy) is 1. The number of hydrogen-bond donors (Lipinski definition) is 2. The summed E-state index contributed by atoms with van der Waals surface area (Å²) in [5.41, 5.74) is 2.50. The van der Waals surface area contributed by atoms with Gasteiger partial charge in [-0.3, -0.25) is 0 Å². The van der Waals surface area contributed by atoms with Crippen LogP contribution in [0.5, 0.6) is 5.75 Å². The summed E-state index contributed by atoms with van der Waals surface area (Å²) in [5.74, 6) is 1.18. The van der Waals surface area contributed by atoms with Crippen molar-refractivity contribution in [2.75, 3.05) is 0 Å². The fourth-order valence-corrected chi connectivity index (χ4v) is 7.52. The summed E-state index contributed by atoms with van der Waals surface area (Å²) in [6.45, 7) is 2.23. The van der Waals surface area contributed by atoms with Crippen molar-refractivity contribution in [3.8, 4) is 5.75 Å². The zero-order chi connectivity index (χ0) is 22.7. The normalized spacial score (nSPS) is 31.3. The number of nitrogens with two attached hydrogens (primary N) is 1. The van der Waals surface area contributed by atoms with Gasteiger partial charge in [-0.1, -0.05) is 25.1 Å². The second-order valence-corrected chi connectivity index (χ2v) is 11.4. The minimum absolute atomic E-state index is 0.00198. The molecule has 0 unspecified atom stereocenters. The fourth-order valence-electron chi connectivity index (χ4n) is 6.79. The van der Waals surface area contributed by atoms with Crippen molar-refractivity contribution < 1.29 is 23.1 Å². The van der Waals surface area contributed by atoms with E-state index < -0.39 is 16.0 Å². The summed E-state index contributed by atoms with van der Waals surface area (Å²) >= 11 is 0. The van der Waals surface area contributed by atoms with Crippen molar-refractivity contribution in [3.63, 3.8) is 0 Å². The number of carbonyl (C=O) groups is 1. The number of primary sulfonamides is 1. The highest BCUT2D eigenvalue weighted by molar-refractivity contribution is 7.89. The Morgan fingerprint density at radius 2 is 1.91 bits per heavy atom. The average molecular weight is 456 g/mol. The van der Waals surface area contributed by atoms with Crippen LogP contribution < -0.4 is 5.14 Å². The molecule has 3 aliphatic rings. The molecule has 7 heteroatoms. The monoisotopic (exact) mass is 455 g/mol. The third-order valence-corrected chi connectivity index (χ3v) is 9.26. The smallest absolute Gasteiger partial charge is 0.339 e. The molecule has 5 rings (SSSR count). The topological polar surface area (TPSA) is 107 Å².